The van der Waals surface area contributed by atoms with E-state index in [1.807, 2.05) is 0 Å². The topological polar surface area (TPSA) is 38.8 Å². The van der Waals surface area contributed by atoms with E-state index in [-0.39, 0.29) is 17.5 Å². The van der Waals surface area contributed by atoms with Gasteiger partial charge in [0.2, 0.25) is 0 Å². The average Bonchev–Trinajstić information content (AvgIpc) is 2.94. The number of esters is 1. The molecule has 2 atom stereocenters. The van der Waals surface area contributed by atoms with Gasteiger partial charge in [-0.1, -0.05) is 36.3 Å². The van der Waals surface area contributed by atoms with Gasteiger partial charge in [0.05, 0.1) is 5.41 Å². The van der Waals surface area contributed by atoms with Gasteiger partial charge in [-0.3, -0.25) is 4.90 Å². The maximum atomic E-state index is 12.2. The molecule has 1 fully saturated rings. The SMILES string of the molecule is Cc1ccc2c(c1)C1(C)C=C/C(=C/C(=O)OCCN3CCCCC3)CC1O2. The number of carbonyl (C=O) groups excluding carboxylic acids is 1. The molecule has 0 bridgehead atoms. The first-order valence-electron chi connectivity index (χ1n) is 10.1. The van der Waals surface area contributed by atoms with Crippen LogP contribution in [0.25, 0.3) is 0 Å². The molecule has 0 saturated carbocycles. The molecule has 3 aliphatic rings. The average molecular weight is 367 g/mol. The maximum Gasteiger partial charge on any atom is 0.331 e. The predicted octanol–water partition coefficient (Wildman–Crippen LogP) is 3.93. The number of benzene rings is 1. The van der Waals surface area contributed by atoms with Crippen molar-refractivity contribution in [3.8, 4) is 5.75 Å². The fourth-order valence-electron chi connectivity index (χ4n) is 4.39. The zero-order valence-corrected chi connectivity index (χ0v) is 16.4. The molecule has 0 N–H and O–H groups in total. The first-order valence-corrected chi connectivity index (χ1v) is 10.1. The second-order valence-corrected chi connectivity index (χ2v) is 8.22. The Hall–Kier alpha value is -2.07. The third-order valence-electron chi connectivity index (χ3n) is 6.12. The Morgan fingerprint density at radius 2 is 2.15 bits per heavy atom. The number of rotatable bonds is 4. The summed E-state index contributed by atoms with van der Waals surface area (Å²) in [6.07, 6.45) is 10.5. The summed E-state index contributed by atoms with van der Waals surface area (Å²) < 4.78 is 11.6. The van der Waals surface area contributed by atoms with Crippen molar-refractivity contribution < 1.29 is 14.3 Å². The van der Waals surface area contributed by atoms with Gasteiger partial charge in [0.1, 0.15) is 18.5 Å². The molecule has 1 saturated heterocycles. The van der Waals surface area contributed by atoms with E-state index < -0.39 is 0 Å². The molecule has 4 heteroatoms. The summed E-state index contributed by atoms with van der Waals surface area (Å²) >= 11 is 0. The quantitative estimate of drug-likeness (QED) is 0.597. The Labute approximate surface area is 161 Å². The summed E-state index contributed by atoms with van der Waals surface area (Å²) in [5.74, 6) is 0.713. The summed E-state index contributed by atoms with van der Waals surface area (Å²) in [7, 11) is 0. The van der Waals surface area contributed by atoms with Crippen LogP contribution in [-0.2, 0) is 14.9 Å². The van der Waals surface area contributed by atoms with Crippen LogP contribution < -0.4 is 4.74 Å². The van der Waals surface area contributed by atoms with Crippen molar-refractivity contribution >= 4 is 5.97 Å². The number of likely N-dealkylation sites (tertiary alicyclic amines) is 1. The van der Waals surface area contributed by atoms with E-state index in [9.17, 15) is 4.79 Å². The molecule has 144 valence electrons. The fraction of sp³-hybridized carbons (Fsp3) is 0.522. The first kappa shape index (κ1) is 18.3. The molecule has 2 unspecified atom stereocenters. The minimum atomic E-state index is -0.249. The highest BCUT2D eigenvalue weighted by Crippen LogP contribution is 2.48. The number of ether oxygens (including phenoxy) is 2. The molecule has 0 spiro atoms. The number of allylic oxidation sites excluding steroid dienone is 1. The van der Waals surface area contributed by atoms with Crippen molar-refractivity contribution in [2.24, 2.45) is 0 Å². The van der Waals surface area contributed by atoms with E-state index in [1.54, 1.807) is 6.08 Å². The number of fused-ring (bicyclic) bond motifs is 3. The van der Waals surface area contributed by atoms with Crippen molar-refractivity contribution in [3.05, 3.63) is 53.1 Å². The monoisotopic (exact) mass is 367 g/mol. The van der Waals surface area contributed by atoms with Crippen molar-refractivity contribution in [2.45, 2.75) is 51.0 Å². The summed E-state index contributed by atoms with van der Waals surface area (Å²) in [4.78, 5) is 14.6. The lowest BCUT2D eigenvalue weighted by Crippen LogP contribution is -2.36. The fourth-order valence-corrected chi connectivity index (χ4v) is 4.39. The number of carbonyl (C=O) groups is 1. The standard InChI is InChI=1S/C23H29NO3/c1-17-6-7-20-19(14-17)23(2)9-8-18(15-21(23)27-20)16-22(25)26-13-12-24-10-4-3-5-11-24/h6-9,14,16,21H,3-5,10-13,15H2,1-2H3/b18-16-. The molecule has 1 aromatic rings. The molecule has 27 heavy (non-hydrogen) atoms. The molecular formula is C23H29NO3. The largest absolute Gasteiger partial charge is 0.489 e. The number of nitrogens with zero attached hydrogens (tertiary/aromatic N) is 1. The van der Waals surface area contributed by atoms with Crippen LogP contribution in [0.1, 0.15) is 43.7 Å². The van der Waals surface area contributed by atoms with E-state index in [2.05, 4.69) is 49.1 Å². The van der Waals surface area contributed by atoms with E-state index in [0.717, 1.165) is 37.4 Å². The van der Waals surface area contributed by atoms with Crippen LogP contribution in [0.5, 0.6) is 5.75 Å². The Morgan fingerprint density at radius 1 is 1.33 bits per heavy atom. The summed E-state index contributed by atoms with van der Waals surface area (Å²) in [6.45, 7) is 7.87. The van der Waals surface area contributed by atoms with Gasteiger partial charge in [-0.25, -0.2) is 4.79 Å². The van der Waals surface area contributed by atoms with Crippen LogP contribution in [0.4, 0.5) is 0 Å². The second kappa shape index (κ2) is 7.51. The maximum absolute atomic E-state index is 12.2. The summed E-state index contributed by atoms with van der Waals surface area (Å²) in [6, 6.07) is 6.35. The molecule has 4 rings (SSSR count). The lowest BCUT2D eigenvalue weighted by molar-refractivity contribution is -0.138. The van der Waals surface area contributed by atoms with Crippen molar-refractivity contribution in [3.63, 3.8) is 0 Å². The number of hydrogen-bond donors (Lipinski definition) is 0. The van der Waals surface area contributed by atoms with Crippen molar-refractivity contribution in [1.29, 1.82) is 0 Å². The highest BCUT2D eigenvalue weighted by Gasteiger charge is 2.45. The molecule has 1 aromatic carbocycles. The van der Waals surface area contributed by atoms with Crippen LogP contribution >= 0.6 is 0 Å². The third-order valence-corrected chi connectivity index (χ3v) is 6.12. The predicted molar refractivity (Wildman–Crippen MR) is 106 cm³/mol. The van der Waals surface area contributed by atoms with Gasteiger partial charge in [0.15, 0.2) is 0 Å². The first-order chi connectivity index (χ1) is 13.0. The van der Waals surface area contributed by atoms with Gasteiger partial charge in [-0.2, -0.15) is 0 Å². The van der Waals surface area contributed by atoms with Gasteiger partial charge in [-0.05, 0) is 51.4 Å². The molecule has 0 radical (unpaired) electrons. The minimum absolute atomic E-state index is 0.0340. The van der Waals surface area contributed by atoms with Gasteiger partial charge in [0, 0.05) is 24.6 Å². The minimum Gasteiger partial charge on any atom is -0.489 e. The highest BCUT2D eigenvalue weighted by atomic mass is 16.5. The lowest BCUT2D eigenvalue weighted by atomic mass is 9.73. The van der Waals surface area contributed by atoms with Gasteiger partial charge in [0.25, 0.3) is 0 Å². The van der Waals surface area contributed by atoms with Gasteiger partial charge < -0.3 is 9.47 Å². The molecule has 0 amide bonds. The van der Waals surface area contributed by atoms with E-state index in [0.29, 0.717) is 6.61 Å². The molecule has 0 aromatic heterocycles. The molecule has 4 nitrogen and oxygen atoms in total. The van der Waals surface area contributed by atoms with Crippen molar-refractivity contribution in [2.75, 3.05) is 26.2 Å². The normalized spacial score (nSPS) is 28.5. The number of piperidine rings is 1. The highest BCUT2D eigenvalue weighted by molar-refractivity contribution is 5.83. The van der Waals surface area contributed by atoms with E-state index in [4.69, 9.17) is 9.47 Å². The van der Waals surface area contributed by atoms with Crippen LogP contribution in [-0.4, -0.2) is 43.2 Å². The Balaban J connectivity index is 1.36. The smallest absolute Gasteiger partial charge is 0.331 e. The van der Waals surface area contributed by atoms with Crippen molar-refractivity contribution in [1.82, 2.24) is 4.90 Å². The van der Waals surface area contributed by atoms with Crippen LogP contribution in [0.15, 0.2) is 42.0 Å². The molecule has 2 aliphatic heterocycles. The zero-order chi connectivity index (χ0) is 18.9. The molecular weight excluding hydrogens is 338 g/mol. The molecule has 1 aliphatic carbocycles. The number of hydrogen-bond acceptors (Lipinski definition) is 4. The van der Waals surface area contributed by atoms with E-state index >= 15 is 0 Å². The zero-order valence-electron chi connectivity index (χ0n) is 16.4. The third kappa shape index (κ3) is 3.81. The van der Waals surface area contributed by atoms with Crippen LogP contribution in [0.2, 0.25) is 0 Å². The van der Waals surface area contributed by atoms with Gasteiger partial charge >= 0.3 is 5.97 Å². The Morgan fingerprint density at radius 3 is 2.96 bits per heavy atom. The molecule has 2 heterocycles. The Kier molecular flexibility index (Phi) is 5.09. The van der Waals surface area contributed by atoms with Crippen LogP contribution in [0.3, 0.4) is 0 Å². The van der Waals surface area contributed by atoms with Gasteiger partial charge in [-0.15, -0.1) is 0 Å². The number of aryl methyl sites for hydroxylation is 1. The van der Waals surface area contributed by atoms with E-state index in [1.165, 1.54) is 30.4 Å². The lowest BCUT2D eigenvalue weighted by Gasteiger charge is -2.31. The summed E-state index contributed by atoms with van der Waals surface area (Å²) in [5.41, 5.74) is 3.33. The Bertz CT molecular complexity index is 776. The van der Waals surface area contributed by atoms with Crippen LogP contribution in [0, 0.1) is 6.92 Å². The summed E-state index contributed by atoms with van der Waals surface area (Å²) in [5, 5.41) is 0. The second-order valence-electron chi connectivity index (χ2n) is 8.22.